The van der Waals surface area contributed by atoms with Crippen molar-refractivity contribution in [1.29, 1.82) is 0 Å². The second-order valence-corrected chi connectivity index (χ2v) is 2.48. The molecule has 3 nitrogen and oxygen atoms in total. The number of hydroxylamine groups is 1. The van der Waals surface area contributed by atoms with E-state index in [2.05, 4.69) is 10.5 Å². The minimum atomic E-state index is 0.617. The van der Waals surface area contributed by atoms with Crippen molar-refractivity contribution < 1.29 is 5.21 Å². The molecule has 1 aromatic carbocycles. The summed E-state index contributed by atoms with van der Waals surface area (Å²) in [6.07, 6.45) is 0.701. The van der Waals surface area contributed by atoms with Crippen molar-refractivity contribution in [2.24, 2.45) is 4.99 Å². The third-order valence-electron chi connectivity index (χ3n) is 1.73. The zero-order valence-corrected chi connectivity index (χ0v) is 5.91. The molecule has 1 aliphatic heterocycles. The summed E-state index contributed by atoms with van der Waals surface area (Å²) in [5.41, 5.74) is 4.17. The molecule has 0 aromatic heterocycles. The van der Waals surface area contributed by atoms with Crippen LogP contribution in [0.1, 0.15) is 5.56 Å². The molecule has 0 atom stereocenters. The fraction of sp³-hybridized carbons (Fsp3) is 0.125. The third kappa shape index (κ3) is 0.991. The van der Waals surface area contributed by atoms with Crippen molar-refractivity contribution in [2.45, 2.75) is 6.42 Å². The standard InChI is InChI=1S/C8H8N2O/c11-10-8-5-6-3-1-2-4-7(6)9-8/h1-4,11H,5H2,(H,9,10). The van der Waals surface area contributed by atoms with Crippen LogP contribution in [0.3, 0.4) is 0 Å². The van der Waals surface area contributed by atoms with E-state index >= 15 is 0 Å². The number of aliphatic imine (C=N–C) groups is 1. The van der Waals surface area contributed by atoms with Crippen molar-refractivity contribution in [3.05, 3.63) is 29.8 Å². The van der Waals surface area contributed by atoms with Crippen LogP contribution in [0.5, 0.6) is 0 Å². The fourth-order valence-corrected chi connectivity index (χ4v) is 1.20. The number of hydrogen-bond acceptors (Lipinski definition) is 3. The molecule has 1 aliphatic rings. The summed E-state index contributed by atoms with van der Waals surface area (Å²) in [5.74, 6) is 0.617. The molecule has 0 aliphatic carbocycles. The lowest BCUT2D eigenvalue weighted by Gasteiger charge is -1.93. The summed E-state index contributed by atoms with van der Waals surface area (Å²) < 4.78 is 0. The summed E-state index contributed by atoms with van der Waals surface area (Å²) in [7, 11) is 0. The van der Waals surface area contributed by atoms with Gasteiger partial charge >= 0.3 is 0 Å². The number of nitrogens with one attached hydrogen (secondary N) is 1. The lowest BCUT2D eigenvalue weighted by atomic mass is 10.1. The van der Waals surface area contributed by atoms with Gasteiger partial charge in [-0.2, -0.15) is 0 Å². The molecule has 1 aromatic rings. The van der Waals surface area contributed by atoms with Crippen LogP contribution >= 0.6 is 0 Å². The van der Waals surface area contributed by atoms with Gasteiger partial charge in [0.15, 0.2) is 0 Å². The normalized spacial score (nSPS) is 14.1. The second-order valence-electron chi connectivity index (χ2n) is 2.48. The molecule has 0 saturated heterocycles. The fourth-order valence-electron chi connectivity index (χ4n) is 1.20. The Morgan fingerprint density at radius 1 is 1.36 bits per heavy atom. The molecule has 2 N–H and O–H groups in total. The molecule has 0 radical (unpaired) electrons. The minimum absolute atomic E-state index is 0.617. The Balaban J connectivity index is 2.39. The average molecular weight is 148 g/mol. The maximum Gasteiger partial charge on any atom is 0.130 e. The Morgan fingerprint density at radius 2 is 2.18 bits per heavy atom. The summed E-state index contributed by atoms with van der Waals surface area (Å²) in [4.78, 5) is 4.13. The van der Waals surface area contributed by atoms with Gasteiger partial charge in [0.2, 0.25) is 0 Å². The Kier molecular flexibility index (Phi) is 1.36. The van der Waals surface area contributed by atoms with Gasteiger partial charge in [-0.3, -0.25) is 10.7 Å². The van der Waals surface area contributed by atoms with Crippen LogP contribution in [0.15, 0.2) is 29.3 Å². The van der Waals surface area contributed by atoms with Gasteiger partial charge in [0.1, 0.15) is 5.84 Å². The van der Waals surface area contributed by atoms with Gasteiger partial charge in [-0.15, -0.1) is 0 Å². The maximum absolute atomic E-state index is 8.56. The monoisotopic (exact) mass is 148 g/mol. The number of para-hydroxylation sites is 1. The zero-order valence-electron chi connectivity index (χ0n) is 5.91. The summed E-state index contributed by atoms with van der Waals surface area (Å²) in [6, 6.07) is 7.83. The van der Waals surface area contributed by atoms with E-state index in [0.29, 0.717) is 12.3 Å². The zero-order chi connectivity index (χ0) is 7.68. The minimum Gasteiger partial charge on any atom is -0.290 e. The van der Waals surface area contributed by atoms with Gasteiger partial charge in [-0.1, -0.05) is 18.2 Å². The average Bonchev–Trinajstić information content (AvgIpc) is 2.46. The highest BCUT2D eigenvalue weighted by molar-refractivity contribution is 5.91. The number of benzene rings is 1. The highest BCUT2D eigenvalue weighted by Crippen LogP contribution is 2.24. The second kappa shape index (κ2) is 2.36. The van der Waals surface area contributed by atoms with Gasteiger partial charge in [-0.25, -0.2) is 4.99 Å². The lowest BCUT2D eigenvalue weighted by Crippen LogP contribution is -2.18. The summed E-state index contributed by atoms with van der Waals surface area (Å²) in [5, 5.41) is 8.56. The van der Waals surface area contributed by atoms with Gasteiger partial charge in [-0.05, 0) is 11.6 Å². The molecule has 56 valence electrons. The van der Waals surface area contributed by atoms with Gasteiger partial charge in [0.05, 0.1) is 5.69 Å². The first-order valence-electron chi connectivity index (χ1n) is 3.46. The predicted molar refractivity (Wildman–Crippen MR) is 42.2 cm³/mol. The van der Waals surface area contributed by atoms with E-state index in [9.17, 15) is 0 Å². The Morgan fingerprint density at radius 3 is 2.91 bits per heavy atom. The van der Waals surface area contributed by atoms with Crippen LogP contribution in [0.25, 0.3) is 0 Å². The predicted octanol–water partition coefficient (Wildman–Crippen LogP) is 1.25. The van der Waals surface area contributed by atoms with E-state index in [-0.39, 0.29) is 0 Å². The van der Waals surface area contributed by atoms with E-state index in [0.717, 1.165) is 11.3 Å². The van der Waals surface area contributed by atoms with E-state index < -0.39 is 0 Å². The first kappa shape index (κ1) is 6.37. The highest BCUT2D eigenvalue weighted by atomic mass is 16.5. The van der Waals surface area contributed by atoms with Crippen molar-refractivity contribution >= 4 is 11.5 Å². The number of fused-ring (bicyclic) bond motifs is 1. The number of nitrogens with zero attached hydrogens (tertiary/aromatic N) is 1. The topological polar surface area (TPSA) is 44.6 Å². The van der Waals surface area contributed by atoms with E-state index in [1.807, 2.05) is 24.3 Å². The van der Waals surface area contributed by atoms with Gasteiger partial charge in [0, 0.05) is 6.42 Å². The first-order valence-corrected chi connectivity index (χ1v) is 3.46. The van der Waals surface area contributed by atoms with Gasteiger partial charge < -0.3 is 0 Å². The largest absolute Gasteiger partial charge is 0.290 e. The Bertz CT molecular complexity index is 307. The van der Waals surface area contributed by atoms with Crippen molar-refractivity contribution in [3.63, 3.8) is 0 Å². The van der Waals surface area contributed by atoms with Crippen LogP contribution < -0.4 is 5.48 Å². The number of amidine groups is 1. The smallest absolute Gasteiger partial charge is 0.130 e. The lowest BCUT2D eigenvalue weighted by molar-refractivity contribution is 0.233. The molecule has 0 bridgehead atoms. The van der Waals surface area contributed by atoms with Crippen LogP contribution in [-0.2, 0) is 6.42 Å². The molecule has 1 heterocycles. The van der Waals surface area contributed by atoms with Crippen LogP contribution in [0.2, 0.25) is 0 Å². The van der Waals surface area contributed by atoms with Crippen molar-refractivity contribution in [3.8, 4) is 0 Å². The Labute approximate surface area is 64.3 Å². The summed E-state index contributed by atoms with van der Waals surface area (Å²) in [6.45, 7) is 0. The number of rotatable bonds is 0. The van der Waals surface area contributed by atoms with Crippen LogP contribution in [0.4, 0.5) is 5.69 Å². The van der Waals surface area contributed by atoms with Crippen LogP contribution in [0, 0.1) is 0 Å². The molecule has 3 heteroatoms. The third-order valence-corrected chi connectivity index (χ3v) is 1.73. The molecule has 0 saturated carbocycles. The van der Waals surface area contributed by atoms with Crippen molar-refractivity contribution in [2.75, 3.05) is 0 Å². The Hall–Kier alpha value is -1.35. The molecule has 0 fully saturated rings. The SMILES string of the molecule is ONC1=Nc2ccccc2C1. The molecule has 11 heavy (non-hydrogen) atoms. The van der Waals surface area contributed by atoms with Gasteiger partial charge in [0.25, 0.3) is 0 Å². The molecule has 0 amide bonds. The molecule has 0 unspecified atom stereocenters. The van der Waals surface area contributed by atoms with Crippen molar-refractivity contribution in [1.82, 2.24) is 5.48 Å². The van der Waals surface area contributed by atoms with E-state index in [4.69, 9.17) is 5.21 Å². The first-order chi connectivity index (χ1) is 5.40. The van der Waals surface area contributed by atoms with Crippen LogP contribution in [-0.4, -0.2) is 11.0 Å². The molecule has 2 rings (SSSR count). The highest BCUT2D eigenvalue weighted by Gasteiger charge is 2.11. The maximum atomic E-state index is 8.56. The number of hydrogen-bond donors (Lipinski definition) is 2. The summed E-state index contributed by atoms with van der Waals surface area (Å²) >= 11 is 0. The molecular formula is C8H8N2O. The molecular weight excluding hydrogens is 140 g/mol. The van der Waals surface area contributed by atoms with E-state index in [1.54, 1.807) is 0 Å². The van der Waals surface area contributed by atoms with E-state index in [1.165, 1.54) is 0 Å². The molecule has 0 spiro atoms. The quantitative estimate of drug-likeness (QED) is 0.544.